The number of hydrogen-bond donors (Lipinski definition) is 1. The lowest BCUT2D eigenvalue weighted by molar-refractivity contribution is -0.132. The topological polar surface area (TPSA) is 138 Å². The van der Waals surface area contributed by atoms with Gasteiger partial charge >= 0.3 is 7.60 Å². The second-order valence-corrected chi connectivity index (χ2v) is 13.3. The number of amides is 1. The van der Waals surface area contributed by atoms with Crippen LogP contribution in [0.2, 0.25) is 0 Å². The molecule has 1 amide bonds. The fourth-order valence-corrected chi connectivity index (χ4v) is 9.73. The molecule has 0 unspecified atom stereocenters. The lowest BCUT2D eigenvalue weighted by atomic mass is 9.82. The number of rotatable bonds is 10. The largest absolute Gasteiger partial charge is 0.340 e. The van der Waals surface area contributed by atoms with Crippen LogP contribution in [0.1, 0.15) is 40.9 Å². The molecule has 3 atom stereocenters. The van der Waals surface area contributed by atoms with Gasteiger partial charge < -0.3 is 19.3 Å². The molecule has 1 N–H and O–H groups in total. The van der Waals surface area contributed by atoms with Gasteiger partial charge in [-0.25, -0.2) is 0 Å². The van der Waals surface area contributed by atoms with E-state index in [0.29, 0.717) is 41.2 Å². The second-order valence-electron chi connectivity index (χ2n) is 11.0. The molecule has 0 spiro atoms. The zero-order valence-corrected chi connectivity index (χ0v) is 25.6. The number of aromatic nitrogens is 2. The zero-order chi connectivity index (χ0) is 31.1. The van der Waals surface area contributed by atoms with Crippen LogP contribution < -0.4 is 5.32 Å². The highest BCUT2D eigenvalue weighted by Crippen LogP contribution is 2.77. The average molecular weight is 613 g/mol. The van der Waals surface area contributed by atoms with Gasteiger partial charge in [0, 0.05) is 62.5 Å². The van der Waals surface area contributed by atoms with Crippen LogP contribution >= 0.6 is 7.60 Å². The van der Waals surface area contributed by atoms with Gasteiger partial charge in [-0.05, 0) is 73.5 Å². The maximum atomic E-state index is 15.2. The van der Waals surface area contributed by atoms with E-state index in [1.165, 1.54) is 6.08 Å². The number of nitriles is 1. The average Bonchev–Trinajstić information content (AvgIpc) is 3.35. The summed E-state index contributed by atoms with van der Waals surface area (Å²) in [4.78, 5) is 40.8. The number of ketones is 1. The van der Waals surface area contributed by atoms with Crippen LogP contribution in [0.4, 0.5) is 0 Å². The molecule has 1 aromatic carbocycles. The van der Waals surface area contributed by atoms with Crippen molar-refractivity contribution in [3.8, 4) is 6.07 Å². The highest BCUT2D eigenvalue weighted by atomic mass is 31.2. The van der Waals surface area contributed by atoms with E-state index in [-0.39, 0.29) is 30.8 Å². The molecule has 2 saturated heterocycles. The summed E-state index contributed by atoms with van der Waals surface area (Å²) in [6, 6.07) is 15.0. The molecule has 3 aromatic rings. The van der Waals surface area contributed by atoms with Crippen molar-refractivity contribution in [2.45, 2.75) is 30.6 Å². The van der Waals surface area contributed by atoms with E-state index in [9.17, 15) is 14.6 Å². The van der Waals surface area contributed by atoms with Gasteiger partial charge in [-0.1, -0.05) is 0 Å². The molecule has 3 aliphatic rings. The Morgan fingerprint density at radius 1 is 1.05 bits per heavy atom. The van der Waals surface area contributed by atoms with Gasteiger partial charge in [-0.2, -0.15) is 5.26 Å². The summed E-state index contributed by atoms with van der Waals surface area (Å²) in [7, 11) is -1.93. The third-order valence-corrected chi connectivity index (χ3v) is 11.9. The summed E-state index contributed by atoms with van der Waals surface area (Å²) >= 11 is 0. The Hall–Kier alpha value is -4.20. The minimum absolute atomic E-state index is 0.185. The molecule has 3 fully saturated rings. The van der Waals surface area contributed by atoms with Crippen molar-refractivity contribution in [2.75, 3.05) is 33.4 Å². The van der Waals surface area contributed by atoms with Crippen LogP contribution in [0.25, 0.3) is 0 Å². The lowest BCUT2D eigenvalue weighted by Crippen LogP contribution is -2.47. The number of hydrogen-bond acceptors (Lipinski definition) is 10. The van der Waals surface area contributed by atoms with Crippen LogP contribution in [0.5, 0.6) is 0 Å². The maximum Gasteiger partial charge on any atom is 0.340 e. The fraction of sp³-hybridized carbons (Fsp3) is 0.344. The van der Waals surface area contributed by atoms with Gasteiger partial charge in [-0.15, -0.1) is 0 Å². The molecule has 0 bridgehead atoms. The normalized spacial score (nSPS) is 24.8. The van der Waals surface area contributed by atoms with Crippen molar-refractivity contribution in [3.05, 3.63) is 107 Å². The molecule has 6 rings (SSSR count). The number of likely N-dealkylation sites (N-methyl/N-ethyl adjacent to an activating group) is 1. The van der Waals surface area contributed by atoms with Crippen LogP contribution in [-0.4, -0.2) is 76.0 Å². The van der Waals surface area contributed by atoms with Crippen molar-refractivity contribution in [1.82, 2.24) is 25.1 Å². The van der Waals surface area contributed by atoms with Crippen LogP contribution in [0, 0.1) is 17.2 Å². The van der Waals surface area contributed by atoms with E-state index in [2.05, 4.69) is 21.4 Å². The number of nitrogens with one attached hydrogen (secondary N) is 1. The fourth-order valence-electron chi connectivity index (χ4n) is 7.00. The van der Waals surface area contributed by atoms with Gasteiger partial charge in [0.2, 0.25) is 0 Å². The number of piperidine rings is 1. The Morgan fingerprint density at radius 3 is 2.14 bits per heavy atom. The minimum Gasteiger partial charge on any atom is -0.339 e. The van der Waals surface area contributed by atoms with Crippen molar-refractivity contribution < 1.29 is 23.2 Å². The summed E-state index contributed by atoms with van der Waals surface area (Å²) in [5.74, 6) is -0.515. The standard InChI is InChI=1S/C32H33N6O5P/c1-4-42-44(41,43-5-2)31-21-36-20-26(31)29(31)38-28(18-27(39)23-8-6-22(19-33)7-9-23)37(3)32(30(38)40,24-10-14-34-15-11-24)25-12-16-35-17-13-25/h6-18,26,29,36H,4-5,20-21H2,1-3H3/t26-,29-,31+/m0/s1. The van der Waals surface area contributed by atoms with Crippen molar-refractivity contribution in [2.24, 2.45) is 5.92 Å². The Kier molecular flexibility index (Phi) is 7.72. The number of pyridine rings is 2. The molecule has 1 aliphatic carbocycles. The third-order valence-electron chi connectivity index (χ3n) is 8.96. The van der Waals surface area contributed by atoms with Gasteiger partial charge in [0.15, 0.2) is 11.3 Å². The Bertz CT molecular complexity index is 1640. The van der Waals surface area contributed by atoms with E-state index in [4.69, 9.17) is 9.05 Å². The van der Waals surface area contributed by atoms with Gasteiger partial charge in [0.05, 0.1) is 30.9 Å². The Labute approximate surface area is 256 Å². The molecular formula is C32H33N6O5P. The van der Waals surface area contributed by atoms with Crippen molar-refractivity contribution in [1.29, 1.82) is 5.26 Å². The highest BCUT2D eigenvalue weighted by molar-refractivity contribution is 7.56. The SMILES string of the molecule is CCOP(=O)(OCC)[C@]12CNC[C@H]1[C@@H]2N1C(=O)C(c2ccncc2)(c2ccncc2)N(C)C1=CC(=O)c1ccc(C#N)cc1. The number of carbonyl (C=O) groups excluding carboxylic acids is 2. The lowest BCUT2D eigenvalue weighted by Gasteiger charge is -2.35. The smallest absolute Gasteiger partial charge is 0.339 e. The molecule has 11 nitrogen and oxygen atoms in total. The van der Waals surface area contributed by atoms with E-state index < -0.39 is 24.3 Å². The first kappa shape index (κ1) is 29.9. The van der Waals surface area contributed by atoms with Crippen LogP contribution in [0.15, 0.2) is 85.2 Å². The number of fused-ring (bicyclic) bond motifs is 1. The molecule has 226 valence electrons. The molecular weight excluding hydrogens is 579 g/mol. The molecule has 44 heavy (non-hydrogen) atoms. The monoisotopic (exact) mass is 612 g/mol. The van der Waals surface area contributed by atoms with E-state index in [0.717, 1.165) is 0 Å². The first-order valence-corrected chi connectivity index (χ1v) is 16.1. The van der Waals surface area contributed by atoms with Crippen LogP contribution in [0.3, 0.4) is 0 Å². The number of nitrogens with zero attached hydrogens (tertiary/aromatic N) is 5. The highest BCUT2D eigenvalue weighted by Gasteiger charge is 2.82. The van der Waals surface area contributed by atoms with Crippen molar-refractivity contribution in [3.63, 3.8) is 0 Å². The van der Waals surface area contributed by atoms with Gasteiger partial charge in [0.25, 0.3) is 5.91 Å². The Balaban J connectivity index is 1.56. The second kappa shape index (κ2) is 11.4. The summed E-state index contributed by atoms with van der Waals surface area (Å²) in [6.45, 7) is 4.75. The van der Waals surface area contributed by atoms with Crippen LogP contribution in [-0.2, 0) is 23.9 Å². The number of allylic oxidation sites excluding steroid dienone is 1. The predicted octanol–water partition coefficient (Wildman–Crippen LogP) is 3.70. The molecule has 12 heteroatoms. The Morgan fingerprint density at radius 2 is 1.61 bits per heavy atom. The number of benzene rings is 1. The first-order valence-electron chi connectivity index (χ1n) is 14.5. The van der Waals surface area contributed by atoms with Gasteiger partial charge in [0.1, 0.15) is 11.0 Å². The molecule has 2 aliphatic heterocycles. The van der Waals surface area contributed by atoms with E-state index in [1.54, 1.807) is 99.1 Å². The summed E-state index contributed by atoms with van der Waals surface area (Å²) < 4.78 is 26.3. The first-order chi connectivity index (χ1) is 21.3. The van der Waals surface area contributed by atoms with Gasteiger partial charge in [-0.3, -0.25) is 29.0 Å². The molecule has 1 saturated carbocycles. The predicted molar refractivity (Wildman–Crippen MR) is 161 cm³/mol. The van der Waals surface area contributed by atoms with E-state index in [1.807, 2.05) is 4.90 Å². The molecule has 2 aromatic heterocycles. The third kappa shape index (κ3) is 4.25. The van der Waals surface area contributed by atoms with E-state index >= 15 is 4.79 Å². The molecule has 4 heterocycles. The molecule has 0 radical (unpaired) electrons. The summed E-state index contributed by atoms with van der Waals surface area (Å²) in [6.07, 6.45) is 7.96. The summed E-state index contributed by atoms with van der Waals surface area (Å²) in [5.41, 5.74) is 0.725. The maximum absolute atomic E-state index is 15.2. The number of carbonyl (C=O) groups is 2. The van der Waals surface area contributed by atoms with Crippen molar-refractivity contribution >= 4 is 19.3 Å². The zero-order valence-electron chi connectivity index (χ0n) is 24.7. The summed E-state index contributed by atoms with van der Waals surface area (Å²) in [5, 5.41) is 11.6. The minimum atomic E-state index is -3.71. The quantitative estimate of drug-likeness (QED) is 0.205.